The number of rotatable bonds is 3. The van der Waals surface area contributed by atoms with E-state index in [0.717, 1.165) is 26.0 Å². The lowest BCUT2D eigenvalue weighted by molar-refractivity contribution is -0.00347. The van der Waals surface area contributed by atoms with E-state index in [2.05, 4.69) is 23.4 Å². The first-order chi connectivity index (χ1) is 7.35. The summed E-state index contributed by atoms with van der Waals surface area (Å²) in [5, 5.41) is 7.60. The zero-order valence-electron chi connectivity index (χ0n) is 9.44. The monoisotopic (exact) mass is 209 g/mol. The van der Waals surface area contributed by atoms with Crippen LogP contribution in [0.25, 0.3) is 0 Å². The van der Waals surface area contributed by atoms with Gasteiger partial charge in [0.1, 0.15) is 6.10 Å². The molecule has 1 aromatic heterocycles. The number of aromatic nitrogens is 2. The van der Waals surface area contributed by atoms with Crippen molar-refractivity contribution in [2.75, 3.05) is 13.7 Å². The fraction of sp³-hybridized carbons (Fsp3) is 0.727. The summed E-state index contributed by atoms with van der Waals surface area (Å²) in [7, 11) is 2.02. The van der Waals surface area contributed by atoms with Gasteiger partial charge in [-0.15, -0.1) is 0 Å². The Morgan fingerprint density at radius 3 is 3.27 bits per heavy atom. The molecule has 2 heterocycles. The third-order valence-electron chi connectivity index (χ3n) is 3.07. The van der Waals surface area contributed by atoms with E-state index in [4.69, 9.17) is 4.74 Å². The van der Waals surface area contributed by atoms with Gasteiger partial charge in [0.25, 0.3) is 0 Å². The van der Waals surface area contributed by atoms with Gasteiger partial charge >= 0.3 is 0 Å². The molecule has 1 aromatic rings. The highest BCUT2D eigenvalue weighted by Gasteiger charge is 2.24. The van der Waals surface area contributed by atoms with Gasteiger partial charge in [-0.1, -0.05) is 0 Å². The molecule has 0 aliphatic carbocycles. The highest BCUT2D eigenvalue weighted by molar-refractivity contribution is 5.06. The fourth-order valence-corrected chi connectivity index (χ4v) is 2.15. The van der Waals surface area contributed by atoms with Crippen LogP contribution in [0.4, 0.5) is 0 Å². The number of hydrogen-bond acceptors (Lipinski definition) is 3. The van der Waals surface area contributed by atoms with Gasteiger partial charge in [-0.3, -0.25) is 4.68 Å². The van der Waals surface area contributed by atoms with Crippen molar-refractivity contribution in [3.8, 4) is 0 Å². The third kappa shape index (κ3) is 2.21. The molecule has 0 amide bonds. The average molecular weight is 209 g/mol. The number of ether oxygens (including phenoxy) is 1. The lowest BCUT2D eigenvalue weighted by Crippen LogP contribution is -2.34. The molecule has 1 aliphatic heterocycles. The Kier molecular flexibility index (Phi) is 3.38. The topological polar surface area (TPSA) is 39.1 Å². The average Bonchev–Trinajstić information content (AvgIpc) is 2.77. The molecule has 0 aromatic carbocycles. The molecule has 1 aliphatic rings. The van der Waals surface area contributed by atoms with Crippen LogP contribution in [-0.4, -0.2) is 29.5 Å². The zero-order valence-corrected chi connectivity index (χ0v) is 9.44. The van der Waals surface area contributed by atoms with E-state index >= 15 is 0 Å². The van der Waals surface area contributed by atoms with Crippen LogP contribution in [0.1, 0.15) is 31.6 Å². The summed E-state index contributed by atoms with van der Waals surface area (Å²) >= 11 is 0. The zero-order chi connectivity index (χ0) is 10.7. The third-order valence-corrected chi connectivity index (χ3v) is 3.07. The van der Waals surface area contributed by atoms with Crippen LogP contribution in [0.3, 0.4) is 0 Å². The Labute approximate surface area is 90.6 Å². The predicted octanol–water partition coefficient (Wildman–Crippen LogP) is 1.34. The highest BCUT2D eigenvalue weighted by atomic mass is 16.5. The van der Waals surface area contributed by atoms with Gasteiger partial charge in [-0.2, -0.15) is 5.10 Å². The summed E-state index contributed by atoms with van der Waals surface area (Å²) in [4.78, 5) is 0. The Bertz CT molecular complexity index is 311. The molecule has 4 heteroatoms. The second-order valence-electron chi connectivity index (χ2n) is 3.94. The molecule has 4 nitrogen and oxygen atoms in total. The molecule has 2 rings (SSSR count). The second-order valence-corrected chi connectivity index (χ2v) is 3.94. The molecular weight excluding hydrogens is 190 g/mol. The van der Waals surface area contributed by atoms with E-state index in [0.29, 0.717) is 6.04 Å². The maximum atomic E-state index is 5.80. The Morgan fingerprint density at radius 2 is 2.53 bits per heavy atom. The van der Waals surface area contributed by atoms with Gasteiger partial charge in [0.2, 0.25) is 0 Å². The van der Waals surface area contributed by atoms with E-state index in [1.807, 2.05) is 17.9 Å². The van der Waals surface area contributed by atoms with Crippen molar-refractivity contribution < 1.29 is 4.74 Å². The van der Waals surface area contributed by atoms with E-state index in [1.165, 1.54) is 5.69 Å². The molecule has 15 heavy (non-hydrogen) atoms. The van der Waals surface area contributed by atoms with Crippen LogP contribution in [0, 0.1) is 0 Å². The summed E-state index contributed by atoms with van der Waals surface area (Å²) in [5.41, 5.74) is 1.21. The van der Waals surface area contributed by atoms with E-state index in [9.17, 15) is 0 Å². The lowest BCUT2D eigenvalue weighted by Gasteiger charge is -2.29. The first-order valence-corrected chi connectivity index (χ1v) is 5.65. The largest absolute Gasteiger partial charge is 0.372 e. The van der Waals surface area contributed by atoms with Crippen LogP contribution in [0.5, 0.6) is 0 Å². The minimum Gasteiger partial charge on any atom is -0.372 e. The second kappa shape index (κ2) is 4.77. The summed E-state index contributed by atoms with van der Waals surface area (Å²) in [6, 6.07) is 2.63. The molecule has 0 bridgehead atoms. The van der Waals surface area contributed by atoms with Gasteiger partial charge in [-0.05, 0) is 32.9 Å². The molecule has 1 saturated heterocycles. The summed E-state index contributed by atoms with van der Waals surface area (Å²) < 4.78 is 7.81. The van der Waals surface area contributed by atoms with Crippen molar-refractivity contribution in [1.82, 2.24) is 15.1 Å². The smallest absolute Gasteiger partial charge is 0.101 e. The lowest BCUT2D eigenvalue weighted by atomic mass is 10.0. The summed E-state index contributed by atoms with van der Waals surface area (Å²) in [6.45, 7) is 3.85. The van der Waals surface area contributed by atoms with E-state index in [-0.39, 0.29) is 6.10 Å². The predicted molar refractivity (Wildman–Crippen MR) is 58.7 cm³/mol. The van der Waals surface area contributed by atoms with Crippen molar-refractivity contribution in [2.45, 2.75) is 38.5 Å². The summed E-state index contributed by atoms with van der Waals surface area (Å²) in [5.74, 6) is 0. The molecule has 0 spiro atoms. The minimum atomic E-state index is 0.207. The number of hydrogen-bond donors (Lipinski definition) is 1. The van der Waals surface area contributed by atoms with Gasteiger partial charge in [0.05, 0.1) is 5.69 Å². The fourth-order valence-electron chi connectivity index (χ4n) is 2.15. The Morgan fingerprint density at radius 1 is 1.67 bits per heavy atom. The molecule has 1 fully saturated rings. The normalized spacial score (nSPS) is 26.8. The quantitative estimate of drug-likeness (QED) is 0.816. The van der Waals surface area contributed by atoms with Crippen LogP contribution < -0.4 is 5.32 Å². The highest BCUT2D eigenvalue weighted by Crippen LogP contribution is 2.27. The maximum Gasteiger partial charge on any atom is 0.101 e. The van der Waals surface area contributed by atoms with Gasteiger partial charge in [-0.25, -0.2) is 0 Å². The van der Waals surface area contributed by atoms with Crippen LogP contribution in [0.2, 0.25) is 0 Å². The van der Waals surface area contributed by atoms with Crippen LogP contribution >= 0.6 is 0 Å². The molecule has 1 N–H and O–H groups in total. The number of aryl methyl sites for hydroxylation is 1. The number of nitrogens with zero attached hydrogens (tertiary/aromatic N) is 2. The minimum absolute atomic E-state index is 0.207. The van der Waals surface area contributed by atoms with Crippen molar-refractivity contribution in [3.63, 3.8) is 0 Å². The molecule has 2 unspecified atom stereocenters. The first-order valence-electron chi connectivity index (χ1n) is 5.65. The molecule has 2 atom stereocenters. The van der Waals surface area contributed by atoms with Gasteiger partial charge in [0, 0.05) is 25.4 Å². The van der Waals surface area contributed by atoms with E-state index < -0.39 is 0 Å². The first kappa shape index (κ1) is 10.6. The van der Waals surface area contributed by atoms with Crippen molar-refractivity contribution >= 4 is 0 Å². The molecular formula is C11H19N3O. The van der Waals surface area contributed by atoms with Crippen LogP contribution in [-0.2, 0) is 11.3 Å². The van der Waals surface area contributed by atoms with Crippen molar-refractivity contribution in [1.29, 1.82) is 0 Å². The maximum absolute atomic E-state index is 5.80. The SMILES string of the molecule is CCn1nccc1C1CC(NC)CCO1. The number of nitrogens with one attached hydrogen (secondary N) is 1. The van der Waals surface area contributed by atoms with Crippen LogP contribution in [0.15, 0.2) is 12.3 Å². The molecule has 0 saturated carbocycles. The standard InChI is InChI=1S/C11H19N3O/c1-3-14-10(4-6-13-14)11-8-9(12-2)5-7-15-11/h4,6,9,11-12H,3,5,7-8H2,1-2H3. The van der Waals surface area contributed by atoms with E-state index in [1.54, 1.807) is 0 Å². The van der Waals surface area contributed by atoms with Crippen molar-refractivity contribution in [3.05, 3.63) is 18.0 Å². The van der Waals surface area contributed by atoms with Crippen molar-refractivity contribution in [2.24, 2.45) is 0 Å². The molecule has 0 radical (unpaired) electrons. The van der Waals surface area contributed by atoms with Gasteiger partial charge < -0.3 is 10.1 Å². The Balaban J connectivity index is 2.09. The van der Waals surface area contributed by atoms with Gasteiger partial charge in [0.15, 0.2) is 0 Å². The Hall–Kier alpha value is -0.870. The summed E-state index contributed by atoms with van der Waals surface area (Å²) in [6.07, 6.45) is 4.21. The molecule has 84 valence electrons.